The van der Waals surface area contributed by atoms with Gasteiger partial charge in [-0.2, -0.15) is 0 Å². The molecule has 0 aromatic carbocycles. The number of nitrogens with zero attached hydrogens (tertiary/aromatic N) is 2. The van der Waals surface area contributed by atoms with Crippen molar-refractivity contribution >= 4 is 11.8 Å². The molecule has 0 radical (unpaired) electrons. The van der Waals surface area contributed by atoms with Gasteiger partial charge in [0, 0.05) is 31.4 Å². The quantitative estimate of drug-likeness (QED) is 0.825. The van der Waals surface area contributed by atoms with Gasteiger partial charge in [0.15, 0.2) is 0 Å². The van der Waals surface area contributed by atoms with E-state index in [1.807, 2.05) is 12.1 Å². The van der Waals surface area contributed by atoms with Crippen molar-refractivity contribution in [1.82, 2.24) is 15.2 Å². The molecule has 2 rings (SSSR count). The number of anilines is 1. The van der Waals surface area contributed by atoms with Crippen LogP contribution in [0.5, 0.6) is 0 Å². The van der Waals surface area contributed by atoms with E-state index < -0.39 is 0 Å². The van der Waals surface area contributed by atoms with Gasteiger partial charge >= 0.3 is 6.03 Å². The molecule has 1 aliphatic carbocycles. The summed E-state index contributed by atoms with van der Waals surface area (Å²) in [6.45, 7) is 5.96. The zero-order chi connectivity index (χ0) is 13.7. The fourth-order valence-electron chi connectivity index (χ4n) is 2.16. The number of carbonyl (C=O) groups excluding carboxylic acids is 1. The Morgan fingerprint density at radius 1 is 1.47 bits per heavy atom. The molecule has 1 aromatic heterocycles. The van der Waals surface area contributed by atoms with Crippen molar-refractivity contribution in [3.8, 4) is 0 Å². The molecule has 0 bridgehead atoms. The summed E-state index contributed by atoms with van der Waals surface area (Å²) < 4.78 is 0. The number of urea groups is 1. The van der Waals surface area contributed by atoms with E-state index in [4.69, 9.17) is 0 Å². The predicted molar refractivity (Wildman–Crippen MR) is 76.1 cm³/mol. The maximum Gasteiger partial charge on any atom is 0.320 e. The molecule has 1 aliphatic rings. The van der Waals surface area contributed by atoms with Crippen LogP contribution in [0.2, 0.25) is 0 Å². The summed E-state index contributed by atoms with van der Waals surface area (Å²) in [7, 11) is 0. The van der Waals surface area contributed by atoms with Crippen molar-refractivity contribution in [2.24, 2.45) is 0 Å². The third kappa shape index (κ3) is 4.52. The highest BCUT2D eigenvalue weighted by Crippen LogP contribution is 2.27. The van der Waals surface area contributed by atoms with E-state index in [0.717, 1.165) is 12.6 Å². The summed E-state index contributed by atoms with van der Waals surface area (Å²) >= 11 is 0. The molecule has 5 nitrogen and oxygen atoms in total. The number of carbonyl (C=O) groups is 1. The predicted octanol–water partition coefficient (Wildman–Crippen LogP) is 2.08. The molecule has 104 valence electrons. The average molecular weight is 262 g/mol. The lowest BCUT2D eigenvalue weighted by Crippen LogP contribution is -2.41. The van der Waals surface area contributed by atoms with Crippen LogP contribution in [0.25, 0.3) is 0 Å². The van der Waals surface area contributed by atoms with Crippen LogP contribution in [-0.4, -0.2) is 41.1 Å². The van der Waals surface area contributed by atoms with Gasteiger partial charge in [0.2, 0.25) is 0 Å². The molecule has 19 heavy (non-hydrogen) atoms. The first-order valence-corrected chi connectivity index (χ1v) is 6.88. The van der Waals surface area contributed by atoms with E-state index in [9.17, 15) is 4.79 Å². The van der Waals surface area contributed by atoms with Crippen molar-refractivity contribution in [1.29, 1.82) is 0 Å². The Bertz CT molecular complexity index is 401. The van der Waals surface area contributed by atoms with Crippen molar-refractivity contribution in [2.75, 3.05) is 18.4 Å². The largest absolute Gasteiger partial charge is 0.337 e. The van der Waals surface area contributed by atoms with Gasteiger partial charge in [-0.05, 0) is 38.8 Å². The lowest BCUT2D eigenvalue weighted by molar-refractivity contribution is 0.210. The molecule has 1 heterocycles. The number of nitrogens with one attached hydrogen (secondary N) is 2. The van der Waals surface area contributed by atoms with Gasteiger partial charge in [-0.25, -0.2) is 9.78 Å². The van der Waals surface area contributed by atoms with Crippen molar-refractivity contribution < 1.29 is 4.79 Å². The molecular weight excluding hydrogens is 240 g/mol. The van der Waals surface area contributed by atoms with Gasteiger partial charge < -0.3 is 5.32 Å². The van der Waals surface area contributed by atoms with Crippen LogP contribution in [0.4, 0.5) is 10.6 Å². The normalized spacial score (nSPS) is 14.7. The Hall–Kier alpha value is -1.62. The lowest BCUT2D eigenvalue weighted by atomic mass is 10.3. The van der Waals surface area contributed by atoms with Gasteiger partial charge in [0.1, 0.15) is 5.82 Å². The van der Waals surface area contributed by atoms with Crippen molar-refractivity contribution in [2.45, 2.75) is 38.8 Å². The molecule has 1 fully saturated rings. The fraction of sp³-hybridized carbons (Fsp3) is 0.571. The van der Waals surface area contributed by atoms with Crippen LogP contribution in [0, 0.1) is 0 Å². The zero-order valence-electron chi connectivity index (χ0n) is 11.6. The topological polar surface area (TPSA) is 57.3 Å². The summed E-state index contributed by atoms with van der Waals surface area (Å²) in [5.41, 5.74) is 0. The highest BCUT2D eigenvalue weighted by Gasteiger charge is 2.30. The first-order chi connectivity index (χ1) is 9.16. The Labute approximate surface area is 114 Å². The maximum absolute atomic E-state index is 11.7. The van der Waals surface area contributed by atoms with Gasteiger partial charge in [0.05, 0.1) is 0 Å². The van der Waals surface area contributed by atoms with Crippen LogP contribution in [-0.2, 0) is 0 Å². The van der Waals surface area contributed by atoms with Crippen LogP contribution >= 0.6 is 0 Å². The van der Waals surface area contributed by atoms with E-state index in [0.29, 0.717) is 18.4 Å². The van der Waals surface area contributed by atoms with Crippen molar-refractivity contribution in [3.63, 3.8) is 0 Å². The van der Waals surface area contributed by atoms with E-state index in [1.54, 1.807) is 12.3 Å². The van der Waals surface area contributed by atoms with Gasteiger partial charge in [-0.1, -0.05) is 6.07 Å². The lowest BCUT2D eigenvalue weighted by Gasteiger charge is -2.26. The van der Waals surface area contributed by atoms with Gasteiger partial charge in [-0.15, -0.1) is 0 Å². The molecule has 0 atom stereocenters. The average Bonchev–Trinajstić information content (AvgIpc) is 3.19. The number of rotatable bonds is 6. The molecule has 1 saturated carbocycles. The molecule has 0 unspecified atom stereocenters. The van der Waals surface area contributed by atoms with Gasteiger partial charge in [0.25, 0.3) is 0 Å². The fourth-order valence-corrected chi connectivity index (χ4v) is 2.16. The summed E-state index contributed by atoms with van der Waals surface area (Å²) in [6.07, 6.45) is 4.24. The smallest absolute Gasteiger partial charge is 0.320 e. The van der Waals surface area contributed by atoms with E-state index >= 15 is 0 Å². The molecule has 1 aromatic rings. The summed E-state index contributed by atoms with van der Waals surface area (Å²) in [5.74, 6) is 0.572. The Kier molecular flexibility index (Phi) is 4.74. The third-order valence-electron chi connectivity index (χ3n) is 3.24. The van der Waals surface area contributed by atoms with Gasteiger partial charge in [-0.3, -0.25) is 10.2 Å². The van der Waals surface area contributed by atoms with Crippen LogP contribution in [0.3, 0.4) is 0 Å². The number of hydrogen-bond acceptors (Lipinski definition) is 3. The SMILES string of the molecule is CC(C)N(CCNC(=O)Nc1ccccn1)C1CC1. The van der Waals surface area contributed by atoms with E-state index in [1.165, 1.54) is 12.8 Å². The van der Waals surface area contributed by atoms with E-state index in [-0.39, 0.29) is 6.03 Å². The number of aromatic nitrogens is 1. The summed E-state index contributed by atoms with van der Waals surface area (Å²) in [4.78, 5) is 18.2. The standard InChI is InChI=1S/C14H22N4O/c1-11(2)18(12-6-7-12)10-9-16-14(19)17-13-5-3-4-8-15-13/h3-5,8,11-12H,6-7,9-10H2,1-2H3,(H2,15,16,17,19). The minimum absolute atomic E-state index is 0.196. The van der Waals surface area contributed by atoms with Crippen LogP contribution in [0.15, 0.2) is 24.4 Å². The number of pyridine rings is 1. The maximum atomic E-state index is 11.7. The van der Waals surface area contributed by atoms with Crippen molar-refractivity contribution in [3.05, 3.63) is 24.4 Å². The first-order valence-electron chi connectivity index (χ1n) is 6.88. The monoisotopic (exact) mass is 262 g/mol. The molecule has 0 aliphatic heterocycles. The van der Waals surface area contributed by atoms with E-state index in [2.05, 4.69) is 34.4 Å². The summed E-state index contributed by atoms with van der Waals surface area (Å²) in [5, 5.41) is 5.58. The second kappa shape index (κ2) is 6.52. The van der Waals surface area contributed by atoms with Crippen LogP contribution < -0.4 is 10.6 Å². The Balaban J connectivity index is 1.69. The first kappa shape index (κ1) is 13.8. The molecular formula is C14H22N4O. The second-order valence-electron chi connectivity index (χ2n) is 5.16. The molecule has 2 N–H and O–H groups in total. The zero-order valence-corrected chi connectivity index (χ0v) is 11.6. The Morgan fingerprint density at radius 2 is 2.26 bits per heavy atom. The second-order valence-corrected chi connectivity index (χ2v) is 5.16. The highest BCUT2D eigenvalue weighted by molar-refractivity contribution is 5.88. The summed E-state index contributed by atoms with van der Waals surface area (Å²) in [6, 6.07) is 6.49. The Morgan fingerprint density at radius 3 is 2.84 bits per heavy atom. The minimum atomic E-state index is -0.196. The number of hydrogen-bond donors (Lipinski definition) is 2. The highest BCUT2D eigenvalue weighted by atomic mass is 16.2. The minimum Gasteiger partial charge on any atom is -0.337 e. The molecule has 5 heteroatoms. The molecule has 0 spiro atoms. The third-order valence-corrected chi connectivity index (χ3v) is 3.24. The number of amides is 2. The molecule has 0 saturated heterocycles. The molecule has 2 amide bonds. The van der Waals surface area contributed by atoms with Crippen LogP contribution in [0.1, 0.15) is 26.7 Å².